The van der Waals surface area contributed by atoms with E-state index in [1.165, 1.54) is 0 Å². The number of aliphatic hydroxyl groups is 1. The van der Waals surface area contributed by atoms with Crippen LogP contribution in [0.4, 0.5) is 0 Å². The van der Waals surface area contributed by atoms with Gasteiger partial charge in [-0.15, -0.1) is 0 Å². The number of fused-ring (bicyclic) bond motifs is 1. The summed E-state index contributed by atoms with van der Waals surface area (Å²) in [4.78, 5) is 0. The van der Waals surface area contributed by atoms with Crippen LogP contribution in [-0.4, -0.2) is 11.2 Å². The quantitative estimate of drug-likeness (QED) is 0.848. The summed E-state index contributed by atoms with van der Waals surface area (Å²) in [7, 11) is 0. The molecule has 2 nitrogen and oxygen atoms in total. The number of halogens is 1. The molecule has 1 aliphatic rings. The molecule has 0 amide bonds. The molecule has 1 N–H and O–H groups in total. The molecule has 0 aliphatic carbocycles. The van der Waals surface area contributed by atoms with Crippen LogP contribution in [0.1, 0.15) is 43.9 Å². The normalized spacial score (nSPS) is 24.1. The summed E-state index contributed by atoms with van der Waals surface area (Å²) in [6.07, 6.45) is -0.651. The highest BCUT2D eigenvalue weighted by molar-refractivity contribution is 9.10. The molecule has 0 spiro atoms. The third-order valence-corrected chi connectivity index (χ3v) is 3.26. The van der Waals surface area contributed by atoms with Gasteiger partial charge in [-0.2, -0.15) is 0 Å². The van der Waals surface area contributed by atoms with Crippen molar-refractivity contribution in [3.05, 3.63) is 27.7 Å². The molecule has 3 heteroatoms. The number of hydrogen-bond acceptors (Lipinski definition) is 2. The third kappa shape index (κ3) is 1.79. The van der Waals surface area contributed by atoms with Crippen LogP contribution < -0.4 is 4.74 Å². The molecular formula is C12H15BrO2. The molecule has 0 saturated heterocycles. The Morgan fingerprint density at radius 2 is 2.07 bits per heavy atom. The maximum Gasteiger partial charge on any atom is 0.129 e. The standard InChI is InChI=1S/C12H15BrO2/c1-6(2)9-4-8(13)5-10-11(14)7(3)15-12(9)10/h4-7,11,14H,1-3H3. The topological polar surface area (TPSA) is 29.5 Å². The van der Waals surface area contributed by atoms with Crippen molar-refractivity contribution in [2.75, 3.05) is 0 Å². The first-order valence-corrected chi connectivity index (χ1v) is 5.98. The summed E-state index contributed by atoms with van der Waals surface area (Å²) in [6, 6.07) is 4.00. The highest BCUT2D eigenvalue weighted by Gasteiger charge is 2.32. The zero-order valence-electron chi connectivity index (χ0n) is 9.12. The number of aliphatic hydroxyl groups excluding tert-OH is 1. The molecule has 0 aromatic heterocycles. The summed E-state index contributed by atoms with van der Waals surface area (Å²) in [6.45, 7) is 6.14. The van der Waals surface area contributed by atoms with Crippen molar-refractivity contribution in [1.82, 2.24) is 0 Å². The van der Waals surface area contributed by atoms with Crippen LogP contribution in [0.15, 0.2) is 16.6 Å². The zero-order valence-corrected chi connectivity index (χ0v) is 10.7. The average Bonchev–Trinajstić information content (AvgIpc) is 2.43. The van der Waals surface area contributed by atoms with Crippen molar-refractivity contribution in [3.8, 4) is 5.75 Å². The highest BCUT2D eigenvalue weighted by Crippen LogP contribution is 2.43. The van der Waals surface area contributed by atoms with E-state index in [2.05, 4.69) is 35.8 Å². The minimum Gasteiger partial charge on any atom is -0.487 e. The fourth-order valence-corrected chi connectivity index (χ4v) is 2.42. The van der Waals surface area contributed by atoms with Crippen molar-refractivity contribution in [3.63, 3.8) is 0 Å². The van der Waals surface area contributed by atoms with Gasteiger partial charge in [0.1, 0.15) is 18.0 Å². The van der Waals surface area contributed by atoms with Crippen molar-refractivity contribution >= 4 is 15.9 Å². The van der Waals surface area contributed by atoms with Crippen LogP contribution in [0.3, 0.4) is 0 Å². The smallest absolute Gasteiger partial charge is 0.129 e. The van der Waals surface area contributed by atoms with Gasteiger partial charge < -0.3 is 9.84 Å². The Morgan fingerprint density at radius 1 is 1.40 bits per heavy atom. The lowest BCUT2D eigenvalue weighted by Crippen LogP contribution is -2.12. The van der Waals surface area contributed by atoms with Crippen molar-refractivity contribution < 1.29 is 9.84 Å². The van der Waals surface area contributed by atoms with Crippen LogP contribution in [0, 0.1) is 0 Å². The fourth-order valence-electron chi connectivity index (χ4n) is 1.92. The SMILES string of the molecule is CC(C)c1cc(Br)cc2c1OC(C)C2O. The van der Waals surface area contributed by atoms with E-state index < -0.39 is 6.10 Å². The second kappa shape index (κ2) is 3.80. The van der Waals surface area contributed by atoms with Gasteiger partial charge in [-0.05, 0) is 30.5 Å². The number of ether oxygens (including phenoxy) is 1. The van der Waals surface area contributed by atoms with E-state index in [9.17, 15) is 5.11 Å². The van der Waals surface area contributed by atoms with Crippen LogP contribution in [0.25, 0.3) is 0 Å². The Labute approximate surface area is 98.4 Å². The molecule has 82 valence electrons. The zero-order chi connectivity index (χ0) is 11.2. The molecule has 1 heterocycles. The minimum atomic E-state index is -0.505. The summed E-state index contributed by atoms with van der Waals surface area (Å²) in [5.74, 6) is 1.27. The largest absolute Gasteiger partial charge is 0.487 e. The summed E-state index contributed by atoms with van der Waals surface area (Å²) in [5, 5.41) is 9.93. The van der Waals surface area contributed by atoms with Gasteiger partial charge in [-0.25, -0.2) is 0 Å². The average molecular weight is 271 g/mol. The van der Waals surface area contributed by atoms with Crippen molar-refractivity contribution in [1.29, 1.82) is 0 Å². The predicted molar refractivity (Wildman–Crippen MR) is 63.3 cm³/mol. The lowest BCUT2D eigenvalue weighted by Gasteiger charge is -2.12. The molecule has 2 atom stereocenters. The van der Waals surface area contributed by atoms with E-state index in [4.69, 9.17) is 4.74 Å². The minimum absolute atomic E-state index is 0.146. The van der Waals surface area contributed by atoms with Gasteiger partial charge in [-0.1, -0.05) is 29.8 Å². The van der Waals surface area contributed by atoms with E-state index in [0.29, 0.717) is 5.92 Å². The summed E-state index contributed by atoms with van der Waals surface area (Å²) >= 11 is 3.46. The van der Waals surface area contributed by atoms with Gasteiger partial charge in [0.2, 0.25) is 0 Å². The van der Waals surface area contributed by atoms with Crippen molar-refractivity contribution in [2.45, 2.75) is 38.9 Å². The fraction of sp³-hybridized carbons (Fsp3) is 0.500. The molecule has 2 rings (SSSR count). The Balaban J connectivity index is 2.57. The van der Waals surface area contributed by atoms with Gasteiger partial charge in [0.15, 0.2) is 0 Å². The lowest BCUT2D eigenvalue weighted by molar-refractivity contribution is 0.0792. The van der Waals surface area contributed by atoms with Crippen LogP contribution in [-0.2, 0) is 0 Å². The maximum atomic E-state index is 9.93. The molecular weight excluding hydrogens is 256 g/mol. The molecule has 0 radical (unpaired) electrons. The van der Waals surface area contributed by atoms with Crippen molar-refractivity contribution in [2.24, 2.45) is 0 Å². The van der Waals surface area contributed by atoms with Gasteiger partial charge in [0.05, 0.1) is 0 Å². The maximum absolute atomic E-state index is 9.93. The second-order valence-corrected chi connectivity index (χ2v) is 5.25. The number of benzene rings is 1. The van der Waals surface area contributed by atoms with Crippen LogP contribution in [0.5, 0.6) is 5.75 Å². The van der Waals surface area contributed by atoms with Gasteiger partial charge in [0, 0.05) is 10.0 Å². The third-order valence-electron chi connectivity index (χ3n) is 2.80. The Kier molecular flexibility index (Phi) is 2.77. The van der Waals surface area contributed by atoms with Gasteiger partial charge >= 0.3 is 0 Å². The molecule has 0 saturated carbocycles. The molecule has 15 heavy (non-hydrogen) atoms. The first kappa shape index (κ1) is 11.0. The second-order valence-electron chi connectivity index (χ2n) is 4.34. The Morgan fingerprint density at radius 3 is 2.67 bits per heavy atom. The monoisotopic (exact) mass is 270 g/mol. The summed E-state index contributed by atoms with van der Waals surface area (Å²) in [5.41, 5.74) is 2.06. The molecule has 1 aromatic carbocycles. The Hall–Kier alpha value is -0.540. The molecule has 1 aliphatic heterocycles. The van der Waals surface area contributed by atoms with E-state index in [1.54, 1.807) is 0 Å². The highest BCUT2D eigenvalue weighted by atomic mass is 79.9. The van der Waals surface area contributed by atoms with E-state index >= 15 is 0 Å². The molecule has 0 fully saturated rings. The first-order chi connectivity index (χ1) is 7.00. The Bertz CT molecular complexity index is 387. The number of rotatable bonds is 1. The molecule has 0 bridgehead atoms. The first-order valence-electron chi connectivity index (χ1n) is 5.18. The van der Waals surface area contributed by atoms with Crippen LogP contribution >= 0.6 is 15.9 Å². The molecule has 2 unspecified atom stereocenters. The lowest BCUT2D eigenvalue weighted by atomic mass is 9.98. The van der Waals surface area contributed by atoms with Gasteiger partial charge in [0.25, 0.3) is 0 Å². The molecule has 1 aromatic rings. The number of hydrogen-bond donors (Lipinski definition) is 1. The van der Waals surface area contributed by atoms with E-state index in [-0.39, 0.29) is 6.10 Å². The van der Waals surface area contributed by atoms with Crippen LogP contribution in [0.2, 0.25) is 0 Å². The predicted octanol–water partition coefficient (Wildman–Crippen LogP) is 3.39. The summed E-state index contributed by atoms with van der Waals surface area (Å²) < 4.78 is 6.70. The van der Waals surface area contributed by atoms with E-state index in [0.717, 1.165) is 21.3 Å². The van der Waals surface area contributed by atoms with Gasteiger partial charge in [-0.3, -0.25) is 0 Å². The van der Waals surface area contributed by atoms with E-state index in [1.807, 2.05) is 13.0 Å².